The second kappa shape index (κ2) is 7.05. The molecule has 5 nitrogen and oxygen atoms in total. The van der Waals surface area contributed by atoms with Crippen molar-refractivity contribution in [3.05, 3.63) is 52.3 Å². The number of rotatable bonds is 5. The minimum Gasteiger partial charge on any atom is -0.302 e. The molecule has 3 rings (SSSR count). The van der Waals surface area contributed by atoms with Crippen LogP contribution in [0.15, 0.2) is 24.4 Å². The highest BCUT2D eigenvalue weighted by atomic mass is 15.4. The van der Waals surface area contributed by atoms with Crippen molar-refractivity contribution < 1.29 is 0 Å². The summed E-state index contributed by atoms with van der Waals surface area (Å²) in [7, 11) is 4.20. The first-order chi connectivity index (χ1) is 11.5. The first-order valence-electron chi connectivity index (χ1n) is 8.67. The van der Waals surface area contributed by atoms with Gasteiger partial charge in [-0.05, 0) is 38.9 Å². The molecule has 0 bridgehead atoms. The van der Waals surface area contributed by atoms with Crippen LogP contribution in [0.5, 0.6) is 0 Å². The zero-order valence-electron chi connectivity index (χ0n) is 15.4. The van der Waals surface area contributed by atoms with Crippen LogP contribution < -0.4 is 10.9 Å². The van der Waals surface area contributed by atoms with Crippen LogP contribution in [0, 0.1) is 26.7 Å². The van der Waals surface area contributed by atoms with E-state index >= 15 is 0 Å². The van der Waals surface area contributed by atoms with E-state index in [1.54, 1.807) is 0 Å². The van der Waals surface area contributed by atoms with E-state index in [9.17, 15) is 0 Å². The van der Waals surface area contributed by atoms with Gasteiger partial charge in [-0.3, -0.25) is 10.1 Å². The smallest absolute Gasteiger partial charge is 0.0537 e. The zero-order chi connectivity index (χ0) is 17.3. The van der Waals surface area contributed by atoms with E-state index < -0.39 is 0 Å². The van der Waals surface area contributed by atoms with Crippen LogP contribution in [0.25, 0.3) is 0 Å². The number of hydrogen-bond acceptors (Lipinski definition) is 4. The predicted molar refractivity (Wildman–Crippen MR) is 97.6 cm³/mol. The van der Waals surface area contributed by atoms with Crippen molar-refractivity contribution in [2.24, 2.45) is 13.0 Å². The fourth-order valence-electron chi connectivity index (χ4n) is 3.59. The van der Waals surface area contributed by atoms with Crippen LogP contribution >= 0.6 is 0 Å². The molecule has 2 aromatic rings. The first kappa shape index (κ1) is 17.1. The molecule has 1 aromatic heterocycles. The number of benzene rings is 1. The SMILES string of the molecule is Cc1ccc(C)c(C2NNCC2CN(C)Cc2cnn(C)c2C)c1. The Labute approximate surface area is 145 Å². The lowest BCUT2D eigenvalue weighted by atomic mass is 9.90. The molecule has 0 spiro atoms. The van der Waals surface area contributed by atoms with Crippen molar-refractivity contribution in [2.75, 3.05) is 20.1 Å². The van der Waals surface area contributed by atoms with Crippen molar-refractivity contribution in [1.29, 1.82) is 0 Å². The van der Waals surface area contributed by atoms with Crippen molar-refractivity contribution in [3.8, 4) is 0 Å². The van der Waals surface area contributed by atoms with Gasteiger partial charge in [0.2, 0.25) is 0 Å². The molecule has 2 N–H and O–H groups in total. The summed E-state index contributed by atoms with van der Waals surface area (Å²) in [4.78, 5) is 2.40. The van der Waals surface area contributed by atoms with Crippen LogP contribution in [-0.2, 0) is 13.6 Å². The van der Waals surface area contributed by atoms with Crippen LogP contribution in [0.1, 0.15) is 34.0 Å². The molecule has 2 heterocycles. The first-order valence-corrected chi connectivity index (χ1v) is 8.67. The van der Waals surface area contributed by atoms with E-state index in [0.717, 1.165) is 19.6 Å². The van der Waals surface area contributed by atoms with Gasteiger partial charge in [0, 0.05) is 43.9 Å². The molecule has 1 aliphatic rings. The molecule has 24 heavy (non-hydrogen) atoms. The van der Waals surface area contributed by atoms with E-state index in [1.807, 2.05) is 17.9 Å². The summed E-state index contributed by atoms with van der Waals surface area (Å²) in [6.07, 6.45) is 1.99. The van der Waals surface area contributed by atoms with Crippen LogP contribution in [0.2, 0.25) is 0 Å². The van der Waals surface area contributed by atoms with Gasteiger partial charge in [-0.1, -0.05) is 23.8 Å². The molecule has 2 atom stereocenters. The van der Waals surface area contributed by atoms with E-state index in [0.29, 0.717) is 12.0 Å². The number of nitrogens with one attached hydrogen (secondary N) is 2. The molecule has 1 fully saturated rings. The standard InChI is InChI=1S/C19H29N5/c1-13-6-7-14(2)18(8-13)19-17(9-20-22-19)12-23(4)11-16-10-21-24(5)15(16)3/h6-8,10,17,19-20,22H,9,11-12H2,1-5H3. The van der Waals surface area contributed by atoms with Crippen molar-refractivity contribution in [2.45, 2.75) is 33.4 Å². The third-order valence-electron chi connectivity index (χ3n) is 5.19. The Bertz CT molecular complexity index is 706. The van der Waals surface area contributed by atoms with Crippen molar-refractivity contribution >= 4 is 0 Å². The average Bonchev–Trinajstić information content (AvgIpc) is 3.11. The Balaban J connectivity index is 1.69. The normalized spacial score (nSPS) is 20.9. The molecule has 0 radical (unpaired) electrons. The zero-order valence-corrected chi connectivity index (χ0v) is 15.4. The third-order valence-corrected chi connectivity index (χ3v) is 5.19. The Hall–Kier alpha value is -1.69. The van der Waals surface area contributed by atoms with Crippen molar-refractivity contribution in [3.63, 3.8) is 0 Å². The largest absolute Gasteiger partial charge is 0.302 e. The Morgan fingerprint density at radius 1 is 1.29 bits per heavy atom. The average molecular weight is 327 g/mol. The quantitative estimate of drug-likeness (QED) is 0.884. The summed E-state index contributed by atoms with van der Waals surface area (Å²) in [6, 6.07) is 7.10. The summed E-state index contributed by atoms with van der Waals surface area (Å²) < 4.78 is 1.95. The van der Waals surface area contributed by atoms with Crippen LogP contribution in [0.3, 0.4) is 0 Å². The Kier molecular flexibility index (Phi) is 5.04. The summed E-state index contributed by atoms with van der Waals surface area (Å²) in [5, 5.41) is 4.35. The molecular formula is C19H29N5. The second-order valence-electron chi connectivity index (χ2n) is 7.20. The molecule has 5 heteroatoms. The van der Waals surface area contributed by atoms with Gasteiger partial charge in [-0.2, -0.15) is 5.10 Å². The van der Waals surface area contributed by atoms with E-state index in [1.165, 1.54) is 27.9 Å². The van der Waals surface area contributed by atoms with Gasteiger partial charge >= 0.3 is 0 Å². The lowest BCUT2D eigenvalue weighted by molar-refractivity contribution is 0.261. The molecular weight excluding hydrogens is 298 g/mol. The maximum Gasteiger partial charge on any atom is 0.0537 e. The molecule has 2 unspecified atom stereocenters. The maximum absolute atomic E-state index is 4.35. The van der Waals surface area contributed by atoms with Gasteiger partial charge in [0.15, 0.2) is 0 Å². The topological polar surface area (TPSA) is 45.1 Å². The maximum atomic E-state index is 4.35. The van der Waals surface area contributed by atoms with Gasteiger partial charge in [0.1, 0.15) is 0 Å². The van der Waals surface area contributed by atoms with Gasteiger partial charge in [-0.15, -0.1) is 0 Å². The Morgan fingerprint density at radius 3 is 2.79 bits per heavy atom. The molecule has 1 aliphatic heterocycles. The lowest BCUT2D eigenvalue weighted by Gasteiger charge is -2.26. The number of nitrogens with zero attached hydrogens (tertiary/aromatic N) is 3. The van der Waals surface area contributed by atoms with E-state index in [4.69, 9.17) is 0 Å². The number of aromatic nitrogens is 2. The van der Waals surface area contributed by atoms with Gasteiger partial charge < -0.3 is 4.90 Å². The van der Waals surface area contributed by atoms with Gasteiger partial charge in [-0.25, -0.2) is 5.43 Å². The minimum atomic E-state index is 0.363. The molecule has 0 saturated carbocycles. The van der Waals surface area contributed by atoms with E-state index in [2.05, 4.69) is 66.9 Å². The highest BCUT2D eigenvalue weighted by molar-refractivity contribution is 5.34. The molecule has 0 amide bonds. The fourth-order valence-corrected chi connectivity index (χ4v) is 3.59. The molecule has 0 aliphatic carbocycles. The monoisotopic (exact) mass is 327 g/mol. The van der Waals surface area contributed by atoms with Gasteiger partial charge in [0.05, 0.1) is 12.2 Å². The highest BCUT2D eigenvalue weighted by Gasteiger charge is 2.30. The Morgan fingerprint density at radius 2 is 2.08 bits per heavy atom. The number of hydrazine groups is 1. The number of aryl methyl sites for hydroxylation is 3. The molecule has 1 aromatic carbocycles. The van der Waals surface area contributed by atoms with Crippen LogP contribution in [-0.4, -0.2) is 34.8 Å². The van der Waals surface area contributed by atoms with E-state index in [-0.39, 0.29) is 0 Å². The summed E-state index contributed by atoms with van der Waals surface area (Å²) in [5.74, 6) is 0.549. The summed E-state index contributed by atoms with van der Waals surface area (Å²) in [5.41, 5.74) is 13.5. The van der Waals surface area contributed by atoms with Crippen molar-refractivity contribution in [1.82, 2.24) is 25.5 Å². The van der Waals surface area contributed by atoms with Crippen LogP contribution in [0.4, 0.5) is 0 Å². The predicted octanol–water partition coefficient (Wildman–Crippen LogP) is 2.24. The molecule has 130 valence electrons. The summed E-state index contributed by atoms with van der Waals surface area (Å²) >= 11 is 0. The summed E-state index contributed by atoms with van der Waals surface area (Å²) in [6.45, 7) is 9.48. The number of hydrogen-bond donors (Lipinski definition) is 2. The highest BCUT2D eigenvalue weighted by Crippen LogP contribution is 2.29. The minimum absolute atomic E-state index is 0.363. The lowest BCUT2D eigenvalue weighted by Crippen LogP contribution is -2.30. The molecule has 1 saturated heterocycles. The second-order valence-corrected chi connectivity index (χ2v) is 7.20. The fraction of sp³-hybridized carbons (Fsp3) is 0.526. The van der Waals surface area contributed by atoms with Gasteiger partial charge in [0.25, 0.3) is 0 Å². The third kappa shape index (κ3) is 3.53.